The molecule has 2 rings (SSSR count). The van der Waals surface area contributed by atoms with Crippen LogP contribution in [0.15, 0.2) is 36.7 Å². The van der Waals surface area contributed by atoms with Gasteiger partial charge in [0.15, 0.2) is 0 Å². The van der Waals surface area contributed by atoms with Crippen molar-refractivity contribution in [3.05, 3.63) is 47.8 Å². The first-order valence-electron chi connectivity index (χ1n) is 5.77. The molecule has 0 aliphatic carbocycles. The smallest absolute Gasteiger partial charge is 0.255 e. The van der Waals surface area contributed by atoms with Gasteiger partial charge < -0.3 is 15.8 Å². The second-order valence-corrected chi connectivity index (χ2v) is 4.10. The van der Waals surface area contributed by atoms with Crippen LogP contribution in [-0.2, 0) is 0 Å². The summed E-state index contributed by atoms with van der Waals surface area (Å²) in [7, 11) is 1.57. The van der Waals surface area contributed by atoms with Crippen molar-refractivity contribution in [3.8, 4) is 5.75 Å². The van der Waals surface area contributed by atoms with Gasteiger partial charge in [0.05, 0.1) is 24.7 Å². The van der Waals surface area contributed by atoms with Crippen molar-refractivity contribution in [2.24, 2.45) is 0 Å². The van der Waals surface area contributed by atoms with Crippen LogP contribution in [-0.4, -0.2) is 18.0 Å². The summed E-state index contributed by atoms with van der Waals surface area (Å²) in [5.74, 6) is 0.437. The van der Waals surface area contributed by atoms with Gasteiger partial charge in [0.1, 0.15) is 5.75 Å². The Morgan fingerprint density at radius 3 is 2.84 bits per heavy atom. The largest absolute Gasteiger partial charge is 0.496 e. The standard InChI is InChI=1S/C14H15N3O2/c1-9-3-4-10(7-13(9)19-2)14(18)17-12-5-6-16-8-11(12)15/h3-8H,15H2,1-2H3,(H,16,17,18). The monoisotopic (exact) mass is 257 g/mol. The number of nitrogens with one attached hydrogen (secondary N) is 1. The number of amides is 1. The quantitative estimate of drug-likeness (QED) is 0.884. The summed E-state index contributed by atoms with van der Waals surface area (Å²) in [4.78, 5) is 16.0. The molecule has 0 saturated heterocycles. The maximum absolute atomic E-state index is 12.1. The highest BCUT2D eigenvalue weighted by atomic mass is 16.5. The number of carbonyl (C=O) groups is 1. The lowest BCUT2D eigenvalue weighted by Crippen LogP contribution is -2.13. The van der Waals surface area contributed by atoms with E-state index >= 15 is 0 Å². The van der Waals surface area contributed by atoms with Crippen LogP contribution in [0.1, 0.15) is 15.9 Å². The lowest BCUT2D eigenvalue weighted by molar-refractivity contribution is 0.102. The average Bonchev–Trinajstić information content (AvgIpc) is 2.42. The molecule has 0 aliphatic rings. The number of nitrogens with two attached hydrogens (primary N) is 1. The molecule has 98 valence electrons. The van der Waals surface area contributed by atoms with Gasteiger partial charge in [-0.05, 0) is 30.7 Å². The van der Waals surface area contributed by atoms with Gasteiger partial charge >= 0.3 is 0 Å². The number of carbonyl (C=O) groups excluding carboxylic acids is 1. The van der Waals surface area contributed by atoms with E-state index in [1.807, 2.05) is 13.0 Å². The Hall–Kier alpha value is -2.56. The molecule has 0 aliphatic heterocycles. The lowest BCUT2D eigenvalue weighted by Gasteiger charge is -2.09. The highest BCUT2D eigenvalue weighted by Crippen LogP contribution is 2.21. The van der Waals surface area contributed by atoms with E-state index in [0.717, 1.165) is 5.56 Å². The molecule has 2 aromatic rings. The van der Waals surface area contributed by atoms with Crippen molar-refractivity contribution in [1.29, 1.82) is 0 Å². The number of hydrogen-bond donors (Lipinski definition) is 2. The summed E-state index contributed by atoms with van der Waals surface area (Å²) in [6.45, 7) is 1.92. The van der Waals surface area contributed by atoms with Crippen LogP contribution in [0.25, 0.3) is 0 Å². The number of nitrogens with zero attached hydrogens (tertiary/aromatic N) is 1. The Kier molecular flexibility index (Phi) is 3.66. The number of nitrogen functional groups attached to an aromatic ring is 1. The molecular formula is C14H15N3O2. The van der Waals surface area contributed by atoms with Gasteiger partial charge in [0, 0.05) is 11.8 Å². The number of ether oxygens (including phenoxy) is 1. The summed E-state index contributed by atoms with van der Waals surface area (Å²) in [5.41, 5.74) is 8.18. The summed E-state index contributed by atoms with van der Waals surface area (Å²) in [6.07, 6.45) is 3.06. The highest BCUT2D eigenvalue weighted by Gasteiger charge is 2.10. The molecule has 0 spiro atoms. The zero-order chi connectivity index (χ0) is 13.8. The van der Waals surface area contributed by atoms with Crippen LogP contribution in [0.2, 0.25) is 0 Å². The fraction of sp³-hybridized carbons (Fsp3) is 0.143. The molecule has 0 fully saturated rings. The van der Waals surface area contributed by atoms with E-state index in [1.54, 1.807) is 31.5 Å². The summed E-state index contributed by atoms with van der Waals surface area (Å²) in [6, 6.07) is 6.93. The third-order valence-electron chi connectivity index (χ3n) is 2.77. The van der Waals surface area contributed by atoms with E-state index in [2.05, 4.69) is 10.3 Å². The van der Waals surface area contributed by atoms with E-state index in [4.69, 9.17) is 10.5 Å². The predicted molar refractivity (Wildman–Crippen MR) is 74.3 cm³/mol. The molecule has 19 heavy (non-hydrogen) atoms. The van der Waals surface area contributed by atoms with Gasteiger partial charge in [0.2, 0.25) is 0 Å². The molecule has 1 aromatic heterocycles. The first-order valence-corrected chi connectivity index (χ1v) is 5.77. The molecule has 0 unspecified atom stereocenters. The van der Waals surface area contributed by atoms with Gasteiger partial charge in [0.25, 0.3) is 5.91 Å². The van der Waals surface area contributed by atoms with Crippen LogP contribution < -0.4 is 15.8 Å². The zero-order valence-corrected chi connectivity index (χ0v) is 10.8. The summed E-state index contributed by atoms with van der Waals surface area (Å²) >= 11 is 0. The van der Waals surface area contributed by atoms with E-state index in [1.165, 1.54) is 6.20 Å². The van der Waals surface area contributed by atoms with Crippen molar-refractivity contribution in [1.82, 2.24) is 4.98 Å². The fourth-order valence-electron chi connectivity index (χ4n) is 1.68. The third kappa shape index (κ3) is 2.82. The number of benzene rings is 1. The van der Waals surface area contributed by atoms with Gasteiger partial charge in [-0.25, -0.2) is 0 Å². The van der Waals surface area contributed by atoms with E-state index < -0.39 is 0 Å². The fourth-order valence-corrected chi connectivity index (χ4v) is 1.68. The highest BCUT2D eigenvalue weighted by molar-refractivity contribution is 6.05. The lowest BCUT2D eigenvalue weighted by atomic mass is 10.1. The second-order valence-electron chi connectivity index (χ2n) is 4.10. The minimum atomic E-state index is -0.240. The van der Waals surface area contributed by atoms with Gasteiger partial charge in [-0.1, -0.05) is 6.07 Å². The Balaban J connectivity index is 2.23. The van der Waals surface area contributed by atoms with Gasteiger partial charge in [-0.2, -0.15) is 0 Å². The van der Waals surface area contributed by atoms with Crippen LogP contribution in [0, 0.1) is 6.92 Å². The van der Waals surface area contributed by atoms with Crippen molar-refractivity contribution in [3.63, 3.8) is 0 Å². The number of hydrogen-bond acceptors (Lipinski definition) is 4. The number of methoxy groups -OCH3 is 1. The van der Waals surface area contributed by atoms with Crippen LogP contribution in [0.5, 0.6) is 5.75 Å². The number of aryl methyl sites for hydroxylation is 1. The summed E-state index contributed by atoms with van der Waals surface area (Å²) < 4.78 is 5.20. The van der Waals surface area contributed by atoms with Crippen LogP contribution in [0.3, 0.4) is 0 Å². The maximum Gasteiger partial charge on any atom is 0.255 e. The molecule has 5 heteroatoms. The molecule has 1 aromatic carbocycles. The minimum absolute atomic E-state index is 0.240. The van der Waals surface area contributed by atoms with E-state index in [9.17, 15) is 4.79 Å². The maximum atomic E-state index is 12.1. The van der Waals surface area contributed by atoms with Gasteiger partial charge in [-0.15, -0.1) is 0 Å². The van der Waals surface area contributed by atoms with Crippen molar-refractivity contribution < 1.29 is 9.53 Å². The van der Waals surface area contributed by atoms with Crippen molar-refractivity contribution in [2.75, 3.05) is 18.2 Å². The van der Waals surface area contributed by atoms with Crippen molar-refractivity contribution >= 4 is 17.3 Å². The van der Waals surface area contributed by atoms with E-state index in [-0.39, 0.29) is 5.91 Å². The Morgan fingerprint density at radius 2 is 2.16 bits per heavy atom. The second kappa shape index (κ2) is 5.39. The Morgan fingerprint density at radius 1 is 1.37 bits per heavy atom. The minimum Gasteiger partial charge on any atom is -0.496 e. The zero-order valence-electron chi connectivity index (χ0n) is 10.8. The summed E-state index contributed by atoms with van der Waals surface area (Å²) in [5, 5.41) is 2.74. The molecule has 5 nitrogen and oxygen atoms in total. The number of pyridine rings is 1. The normalized spacial score (nSPS) is 10.0. The van der Waals surface area contributed by atoms with Crippen molar-refractivity contribution in [2.45, 2.75) is 6.92 Å². The van der Waals surface area contributed by atoms with Crippen LogP contribution >= 0.6 is 0 Å². The molecule has 1 heterocycles. The average molecular weight is 257 g/mol. The topological polar surface area (TPSA) is 77.2 Å². The molecule has 0 atom stereocenters. The first-order chi connectivity index (χ1) is 9.11. The molecular weight excluding hydrogens is 242 g/mol. The first kappa shape index (κ1) is 12.9. The third-order valence-corrected chi connectivity index (χ3v) is 2.77. The van der Waals surface area contributed by atoms with Gasteiger partial charge in [-0.3, -0.25) is 9.78 Å². The SMILES string of the molecule is COc1cc(C(=O)Nc2ccncc2N)ccc1C. The predicted octanol–water partition coefficient (Wildman–Crippen LogP) is 2.23. The molecule has 1 amide bonds. The number of aromatic nitrogens is 1. The Labute approximate surface area is 111 Å². The van der Waals surface area contributed by atoms with E-state index in [0.29, 0.717) is 22.7 Å². The Bertz CT molecular complexity index is 611. The number of rotatable bonds is 3. The molecule has 0 radical (unpaired) electrons. The molecule has 3 N–H and O–H groups in total. The number of anilines is 2. The molecule has 0 saturated carbocycles. The molecule has 0 bridgehead atoms. The van der Waals surface area contributed by atoms with Crippen LogP contribution in [0.4, 0.5) is 11.4 Å².